The third-order valence-electron chi connectivity index (χ3n) is 3.09. The Balaban J connectivity index is 1.80. The smallest absolute Gasteiger partial charge is 0.0166 e. The number of rotatable bonds is 2. The van der Waals surface area contributed by atoms with E-state index < -0.39 is 0 Å². The first kappa shape index (κ1) is 10.6. The molecule has 0 aromatic heterocycles. The van der Waals surface area contributed by atoms with Gasteiger partial charge < -0.3 is 5.32 Å². The van der Waals surface area contributed by atoms with Crippen LogP contribution in [0, 0.1) is 5.41 Å². The fourth-order valence-electron chi connectivity index (χ4n) is 2.46. The van der Waals surface area contributed by atoms with Crippen molar-refractivity contribution < 1.29 is 0 Å². The van der Waals surface area contributed by atoms with E-state index >= 15 is 0 Å². The number of nitrogens with one attached hydrogen (secondary N) is 1. The van der Waals surface area contributed by atoms with E-state index in [1.165, 1.54) is 30.8 Å². The number of hydrogen-bond acceptors (Lipinski definition) is 2. The molecular formula is C12H21NS. The maximum atomic E-state index is 3.79. The summed E-state index contributed by atoms with van der Waals surface area (Å²) in [6.45, 7) is 4.78. The fraction of sp³-hybridized carbons (Fsp3) is 0.833. The third-order valence-corrected chi connectivity index (χ3v) is 4.71. The van der Waals surface area contributed by atoms with Gasteiger partial charge >= 0.3 is 0 Å². The molecule has 0 aromatic carbocycles. The van der Waals surface area contributed by atoms with Gasteiger partial charge in [0.05, 0.1) is 0 Å². The van der Waals surface area contributed by atoms with Gasteiger partial charge in [0.25, 0.3) is 0 Å². The minimum atomic E-state index is 0.534. The molecule has 0 bridgehead atoms. The Morgan fingerprint density at radius 1 is 1.21 bits per heavy atom. The van der Waals surface area contributed by atoms with Crippen molar-refractivity contribution >= 4 is 11.8 Å². The standard InChI is InChI=1S/C12H21NS/c1-12(2)7-11(8-14-9-12)13-10-5-3-4-6-10/h3-4,10-11,13H,5-9H2,1-2H3. The predicted molar refractivity (Wildman–Crippen MR) is 64.8 cm³/mol. The molecular weight excluding hydrogens is 190 g/mol. The minimum absolute atomic E-state index is 0.534. The zero-order chi connectivity index (χ0) is 10.0. The predicted octanol–water partition coefficient (Wildman–Crippen LogP) is 2.83. The molecule has 1 saturated heterocycles. The van der Waals surface area contributed by atoms with Crippen molar-refractivity contribution in [2.24, 2.45) is 5.41 Å². The quantitative estimate of drug-likeness (QED) is 0.705. The SMILES string of the molecule is CC1(C)CSCC(NC2CC=CC2)C1. The molecule has 14 heavy (non-hydrogen) atoms. The largest absolute Gasteiger partial charge is 0.310 e. The lowest BCUT2D eigenvalue weighted by Crippen LogP contribution is -2.44. The molecule has 2 heteroatoms. The summed E-state index contributed by atoms with van der Waals surface area (Å²) < 4.78 is 0. The average molecular weight is 211 g/mol. The van der Waals surface area contributed by atoms with E-state index in [4.69, 9.17) is 0 Å². The van der Waals surface area contributed by atoms with Crippen LogP contribution in [0.4, 0.5) is 0 Å². The molecule has 1 heterocycles. The van der Waals surface area contributed by atoms with E-state index in [0.29, 0.717) is 5.41 Å². The lowest BCUT2D eigenvalue weighted by molar-refractivity contribution is 0.302. The summed E-state index contributed by atoms with van der Waals surface area (Å²) in [7, 11) is 0. The second kappa shape index (κ2) is 4.28. The molecule has 1 fully saturated rings. The summed E-state index contributed by atoms with van der Waals surface area (Å²) in [6, 6.07) is 1.48. The Labute approximate surface area is 91.7 Å². The van der Waals surface area contributed by atoms with E-state index in [9.17, 15) is 0 Å². The highest BCUT2D eigenvalue weighted by molar-refractivity contribution is 7.99. The van der Waals surface area contributed by atoms with E-state index in [1.807, 2.05) is 0 Å². The summed E-state index contributed by atoms with van der Waals surface area (Å²) in [5, 5.41) is 3.79. The fourth-order valence-corrected chi connectivity index (χ4v) is 3.74. The highest BCUT2D eigenvalue weighted by atomic mass is 32.2. The van der Waals surface area contributed by atoms with E-state index in [0.717, 1.165) is 12.1 Å². The number of thioether (sulfide) groups is 1. The topological polar surface area (TPSA) is 12.0 Å². The van der Waals surface area contributed by atoms with Crippen LogP contribution in [-0.2, 0) is 0 Å². The molecule has 0 amide bonds. The second-order valence-corrected chi connectivity index (χ2v) is 6.42. The lowest BCUT2D eigenvalue weighted by atomic mass is 9.87. The Hall–Kier alpha value is 0.0500. The van der Waals surface area contributed by atoms with E-state index in [-0.39, 0.29) is 0 Å². The first-order chi connectivity index (χ1) is 6.66. The maximum Gasteiger partial charge on any atom is 0.0166 e. The Morgan fingerprint density at radius 3 is 2.57 bits per heavy atom. The van der Waals surface area contributed by atoms with Crippen LogP contribution in [0.25, 0.3) is 0 Å². The van der Waals surface area contributed by atoms with Gasteiger partial charge in [-0.2, -0.15) is 11.8 Å². The second-order valence-electron chi connectivity index (χ2n) is 5.39. The van der Waals surface area contributed by atoms with Gasteiger partial charge in [0.1, 0.15) is 0 Å². The maximum absolute atomic E-state index is 3.79. The van der Waals surface area contributed by atoms with Gasteiger partial charge in [-0.05, 0) is 30.4 Å². The molecule has 80 valence electrons. The van der Waals surface area contributed by atoms with Crippen LogP contribution in [0.1, 0.15) is 33.1 Å². The van der Waals surface area contributed by atoms with Crippen molar-refractivity contribution in [2.75, 3.05) is 11.5 Å². The normalized spacial score (nSPS) is 32.3. The summed E-state index contributed by atoms with van der Waals surface area (Å²) in [5.74, 6) is 2.63. The van der Waals surface area contributed by atoms with Crippen LogP contribution < -0.4 is 5.32 Å². The van der Waals surface area contributed by atoms with E-state index in [2.05, 4.69) is 43.1 Å². The van der Waals surface area contributed by atoms with Crippen LogP contribution in [0.15, 0.2) is 12.2 Å². The lowest BCUT2D eigenvalue weighted by Gasteiger charge is -2.36. The van der Waals surface area contributed by atoms with Crippen molar-refractivity contribution in [1.82, 2.24) is 5.32 Å². The average Bonchev–Trinajstić information content (AvgIpc) is 2.54. The first-order valence-corrected chi connectivity index (χ1v) is 6.80. The van der Waals surface area contributed by atoms with Gasteiger partial charge in [-0.25, -0.2) is 0 Å². The van der Waals surface area contributed by atoms with Gasteiger partial charge in [-0.15, -0.1) is 0 Å². The first-order valence-electron chi connectivity index (χ1n) is 5.64. The molecule has 1 unspecified atom stereocenters. The van der Waals surface area contributed by atoms with Crippen molar-refractivity contribution in [1.29, 1.82) is 0 Å². The minimum Gasteiger partial charge on any atom is -0.310 e. The van der Waals surface area contributed by atoms with Gasteiger partial charge in [-0.1, -0.05) is 26.0 Å². The summed E-state index contributed by atoms with van der Waals surface area (Å²) in [6.07, 6.45) is 8.43. The van der Waals surface area contributed by atoms with Gasteiger partial charge in [-0.3, -0.25) is 0 Å². The van der Waals surface area contributed by atoms with Gasteiger partial charge in [0.15, 0.2) is 0 Å². The van der Waals surface area contributed by atoms with Crippen molar-refractivity contribution in [3.05, 3.63) is 12.2 Å². The van der Waals surface area contributed by atoms with Crippen LogP contribution >= 0.6 is 11.8 Å². The Kier molecular flexibility index (Phi) is 3.23. The molecule has 0 saturated carbocycles. The molecule has 2 aliphatic rings. The molecule has 1 atom stereocenters. The molecule has 1 aliphatic carbocycles. The van der Waals surface area contributed by atoms with Gasteiger partial charge in [0.2, 0.25) is 0 Å². The zero-order valence-electron chi connectivity index (χ0n) is 9.25. The molecule has 1 aliphatic heterocycles. The summed E-state index contributed by atoms with van der Waals surface area (Å²) in [4.78, 5) is 0. The third kappa shape index (κ3) is 2.77. The van der Waals surface area contributed by atoms with Crippen LogP contribution in [0.5, 0.6) is 0 Å². The van der Waals surface area contributed by atoms with E-state index in [1.54, 1.807) is 0 Å². The van der Waals surface area contributed by atoms with Crippen molar-refractivity contribution in [3.63, 3.8) is 0 Å². The monoisotopic (exact) mass is 211 g/mol. The van der Waals surface area contributed by atoms with Crippen molar-refractivity contribution in [2.45, 2.75) is 45.2 Å². The molecule has 0 spiro atoms. The van der Waals surface area contributed by atoms with Crippen LogP contribution in [-0.4, -0.2) is 23.6 Å². The summed E-state index contributed by atoms with van der Waals surface area (Å²) in [5.41, 5.74) is 0.534. The molecule has 1 N–H and O–H groups in total. The molecule has 0 aromatic rings. The Morgan fingerprint density at radius 2 is 1.93 bits per heavy atom. The highest BCUT2D eigenvalue weighted by Crippen LogP contribution is 2.33. The number of hydrogen-bond donors (Lipinski definition) is 1. The van der Waals surface area contributed by atoms with Crippen molar-refractivity contribution in [3.8, 4) is 0 Å². The Bertz CT molecular complexity index is 214. The molecule has 0 radical (unpaired) electrons. The van der Waals surface area contributed by atoms with Crippen LogP contribution in [0.2, 0.25) is 0 Å². The van der Waals surface area contributed by atoms with Gasteiger partial charge in [0, 0.05) is 17.8 Å². The molecule has 2 rings (SSSR count). The summed E-state index contributed by atoms with van der Waals surface area (Å²) >= 11 is 2.11. The zero-order valence-corrected chi connectivity index (χ0v) is 10.1. The highest BCUT2D eigenvalue weighted by Gasteiger charge is 2.29. The molecule has 1 nitrogen and oxygen atoms in total. The van der Waals surface area contributed by atoms with Crippen LogP contribution in [0.3, 0.4) is 0 Å².